The Kier molecular flexibility index (Phi) is 4.43. The minimum Gasteiger partial charge on any atom is -0.354 e. The topological polar surface area (TPSA) is 75.4 Å². The van der Waals surface area contributed by atoms with Crippen molar-refractivity contribution in [2.75, 3.05) is 24.5 Å². The van der Waals surface area contributed by atoms with Crippen molar-refractivity contribution in [1.29, 1.82) is 0 Å². The molecule has 0 saturated heterocycles. The van der Waals surface area contributed by atoms with Gasteiger partial charge in [-0.05, 0) is 36.9 Å². The summed E-state index contributed by atoms with van der Waals surface area (Å²) in [5.74, 6) is 0.560. The maximum atomic E-state index is 12.2. The smallest absolute Gasteiger partial charge is 0.231 e. The SMILES string of the molecule is NC[C@H]1CCC[C@H]1C(=O)NCCN1C(=O)Cc2ccccc21. The number of fused-ring (bicyclic) bond motifs is 1. The minimum absolute atomic E-state index is 0.0477. The molecule has 0 bridgehead atoms. The first-order valence-electron chi connectivity index (χ1n) is 8.06. The molecule has 0 aromatic heterocycles. The Bertz CT molecular complexity index is 573. The highest BCUT2D eigenvalue weighted by Gasteiger charge is 2.32. The minimum atomic E-state index is 0.0477. The van der Waals surface area contributed by atoms with Crippen LogP contribution in [0.1, 0.15) is 24.8 Å². The number of para-hydroxylation sites is 1. The molecule has 2 aliphatic rings. The van der Waals surface area contributed by atoms with E-state index in [1.807, 2.05) is 24.3 Å². The fraction of sp³-hybridized carbons (Fsp3) is 0.529. The molecule has 1 saturated carbocycles. The lowest BCUT2D eigenvalue weighted by atomic mass is 9.95. The van der Waals surface area contributed by atoms with Crippen molar-refractivity contribution in [3.63, 3.8) is 0 Å². The molecule has 3 N–H and O–H groups in total. The van der Waals surface area contributed by atoms with Crippen molar-refractivity contribution in [3.05, 3.63) is 29.8 Å². The second kappa shape index (κ2) is 6.48. The van der Waals surface area contributed by atoms with Crippen LogP contribution in [-0.4, -0.2) is 31.4 Å². The zero-order valence-corrected chi connectivity index (χ0v) is 12.8. The van der Waals surface area contributed by atoms with Crippen LogP contribution < -0.4 is 16.0 Å². The lowest BCUT2D eigenvalue weighted by molar-refractivity contribution is -0.126. The van der Waals surface area contributed by atoms with Gasteiger partial charge in [0.15, 0.2) is 0 Å². The molecule has 22 heavy (non-hydrogen) atoms. The first-order valence-corrected chi connectivity index (χ1v) is 8.06. The van der Waals surface area contributed by atoms with Gasteiger partial charge in [-0.3, -0.25) is 9.59 Å². The number of carbonyl (C=O) groups excluding carboxylic acids is 2. The Balaban J connectivity index is 1.53. The quantitative estimate of drug-likeness (QED) is 0.854. The molecule has 0 unspecified atom stereocenters. The average molecular weight is 301 g/mol. The molecule has 1 aliphatic heterocycles. The van der Waals surface area contributed by atoms with Crippen LogP contribution in [0.5, 0.6) is 0 Å². The second-order valence-corrected chi connectivity index (χ2v) is 6.18. The molecule has 5 nitrogen and oxygen atoms in total. The van der Waals surface area contributed by atoms with E-state index in [1.54, 1.807) is 4.90 Å². The van der Waals surface area contributed by atoms with Crippen LogP contribution in [0.2, 0.25) is 0 Å². The number of anilines is 1. The summed E-state index contributed by atoms with van der Waals surface area (Å²) in [5, 5.41) is 2.98. The van der Waals surface area contributed by atoms with E-state index in [1.165, 1.54) is 0 Å². The molecule has 0 radical (unpaired) electrons. The summed E-state index contributed by atoms with van der Waals surface area (Å²) < 4.78 is 0. The van der Waals surface area contributed by atoms with E-state index in [4.69, 9.17) is 5.73 Å². The van der Waals surface area contributed by atoms with E-state index < -0.39 is 0 Å². The Morgan fingerprint density at radius 3 is 2.95 bits per heavy atom. The first kappa shape index (κ1) is 15.0. The summed E-state index contributed by atoms with van der Waals surface area (Å²) in [6, 6.07) is 7.83. The number of hydrogen-bond acceptors (Lipinski definition) is 3. The van der Waals surface area contributed by atoms with Gasteiger partial charge in [-0.25, -0.2) is 0 Å². The van der Waals surface area contributed by atoms with Crippen LogP contribution >= 0.6 is 0 Å². The van der Waals surface area contributed by atoms with Crippen LogP contribution in [0.25, 0.3) is 0 Å². The molecule has 1 aromatic rings. The van der Waals surface area contributed by atoms with Crippen LogP contribution in [-0.2, 0) is 16.0 Å². The molecule has 1 aliphatic carbocycles. The standard InChI is InChI=1S/C17H23N3O2/c18-11-13-5-3-6-14(13)17(22)19-8-9-20-15-7-2-1-4-12(15)10-16(20)21/h1-2,4,7,13-14H,3,5-6,8-11,18H2,(H,19,22)/t13-,14-/m1/s1. The highest BCUT2D eigenvalue weighted by Crippen LogP contribution is 2.31. The van der Waals surface area contributed by atoms with Gasteiger partial charge in [-0.2, -0.15) is 0 Å². The fourth-order valence-corrected chi connectivity index (χ4v) is 3.65. The van der Waals surface area contributed by atoms with Gasteiger partial charge in [0.05, 0.1) is 6.42 Å². The largest absolute Gasteiger partial charge is 0.354 e. The fourth-order valence-electron chi connectivity index (χ4n) is 3.65. The summed E-state index contributed by atoms with van der Waals surface area (Å²) in [7, 11) is 0. The van der Waals surface area contributed by atoms with E-state index in [2.05, 4.69) is 5.32 Å². The number of nitrogens with two attached hydrogens (primary N) is 1. The van der Waals surface area contributed by atoms with Gasteiger partial charge >= 0.3 is 0 Å². The number of carbonyl (C=O) groups is 2. The molecule has 1 fully saturated rings. The van der Waals surface area contributed by atoms with Crippen LogP contribution in [0.3, 0.4) is 0 Å². The van der Waals surface area contributed by atoms with Crippen molar-refractivity contribution in [2.45, 2.75) is 25.7 Å². The molecule has 1 aromatic carbocycles. The lowest BCUT2D eigenvalue weighted by Gasteiger charge is -2.20. The number of hydrogen-bond donors (Lipinski definition) is 2. The third kappa shape index (κ3) is 2.86. The monoisotopic (exact) mass is 301 g/mol. The van der Waals surface area contributed by atoms with E-state index in [0.29, 0.717) is 32.0 Å². The molecule has 118 valence electrons. The molecular weight excluding hydrogens is 278 g/mol. The normalized spacial score (nSPS) is 23.7. The molecule has 2 amide bonds. The van der Waals surface area contributed by atoms with Crippen molar-refractivity contribution in [1.82, 2.24) is 5.32 Å². The maximum Gasteiger partial charge on any atom is 0.231 e. The van der Waals surface area contributed by atoms with Crippen molar-refractivity contribution >= 4 is 17.5 Å². The zero-order chi connectivity index (χ0) is 15.5. The number of benzene rings is 1. The molecule has 5 heteroatoms. The van der Waals surface area contributed by atoms with Gasteiger partial charge in [0.2, 0.25) is 11.8 Å². The molecule has 3 rings (SSSR count). The number of nitrogens with zero attached hydrogens (tertiary/aromatic N) is 1. The van der Waals surface area contributed by atoms with Gasteiger partial charge in [0.1, 0.15) is 0 Å². The van der Waals surface area contributed by atoms with E-state index in [9.17, 15) is 9.59 Å². The Morgan fingerprint density at radius 2 is 2.14 bits per heavy atom. The molecular formula is C17H23N3O2. The second-order valence-electron chi connectivity index (χ2n) is 6.18. The van der Waals surface area contributed by atoms with Gasteiger partial charge in [-0.15, -0.1) is 0 Å². The molecule has 1 heterocycles. The Morgan fingerprint density at radius 1 is 1.32 bits per heavy atom. The maximum absolute atomic E-state index is 12.2. The van der Waals surface area contributed by atoms with Gasteiger partial charge in [-0.1, -0.05) is 24.6 Å². The summed E-state index contributed by atoms with van der Waals surface area (Å²) in [4.78, 5) is 26.1. The highest BCUT2D eigenvalue weighted by atomic mass is 16.2. The van der Waals surface area contributed by atoms with E-state index >= 15 is 0 Å². The third-order valence-corrected chi connectivity index (χ3v) is 4.86. The zero-order valence-electron chi connectivity index (χ0n) is 12.8. The highest BCUT2D eigenvalue weighted by molar-refractivity contribution is 6.01. The van der Waals surface area contributed by atoms with Crippen LogP contribution in [0.4, 0.5) is 5.69 Å². The van der Waals surface area contributed by atoms with Crippen LogP contribution in [0.15, 0.2) is 24.3 Å². The number of nitrogens with one attached hydrogen (secondary N) is 1. The summed E-state index contributed by atoms with van der Waals surface area (Å²) >= 11 is 0. The Hall–Kier alpha value is -1.88. The number of amides is 2. The Labute approximate surface area is 130 Å². The lowest BCUT2D eigenvalue weighted by Crippen LogP contribution is -2.40. The summed E-state index contributed by atoms with van der Waals surface area (Å²) in [5.41, 5.74) is 7.77. The third-order valence-electron chi connectivity index (χ3n) is 4.86. The molecule has 2 atom stereocenters. The van der Waals surface area contributed by atoms with Crippen molar-refractivity contribution in [2.24, 2.45) is 17.6 Å². The average Bonchev–Trinajstić information content (AvgIpc) is 3.11. The van der Waals surface area contributed by atoms with Crippen LogP contribution in [0, 0.1) is 11.8 Å². The van der Waals surface area contributed by atoms with Gasteiger partial charge in [0.25, 0.3) is 0 Å². The predicted octanol–water partition coefficient (Wildman–Crippen LogP) is 1.07. The summed E-state index contributed by atoms with van der Waals surface area (Å²) in [6.45, 7) is 1.60. The van der Waals surface area contributed by atoms with Gasteiger partial charge in [0, 0.05) is 24.7 Å². The van der Waals surface area contributed by atoms with E-state index in [0.717, 1.165) is 30.5 Å². The van der Waals surface area contributed by atoms with Crippen molar-refractivity contribution in [3.8, 4) is 0 Å². The number of rotatable bonds is 5. The van der Waals surface area contributed by atoms with Crippen molar-refractivity contribution < 1.29 is 9.59 Å². The first-order chi connectivity index (χ1) is 10.7. The summed E-state index contributed by atoms with van der Waals surface area (Å²) in [6.07, 6.45) is 3.52. The molecule has 0 spiro atoms. The van der Waals surface area contributed by atoms with E-state index in [-0.39, 0.29) is 17.7 Å². The van der Waals surface area contributed by atoms with Gasteiger partial charge < -0.3 is 16.0 Å². The predicted molar refractivity (Wildman–Crippen MR) is 85.4 cm³/mol.